The van der Waals surface area contributed by atoms with E-state index in [-0.39, 0.29) is 18.7 Å². The van der Waals surface area contributed by atoms with E-state index in [4.69, 9.17) is 4.74 Å². The highest BCUT2D eigenvalue weighted by Gasteiger charge is 2.23. The number of benzene rings is 2. The number of methoxy groups -OCH3 is 1. The number of ether oxygens (including phenoxy) is 1. The van der Waals surface area contributed by atoms with Gasteiger partial charge in [-0.1, -0.05) is 48.5 Å². The van der Waals surface area contributed by atoms with Gasteiger partial charge >= 0.3 is 5.97 Å². The average Bonchev–Trinajstić information content (AvgIpc) is 2.56. The molecule has 0 bridgehead atoms. The number of halogens is 1. The third-order valence-electron chi connectivity index (χ3n) is 3.41. The molecule has 0 radical (unpaired) electrons. The zero-order valence-corrected chi connectivity index (χ0v) is 12.8. The SMILES string of the molecule is COC(=O)[C@@H](Cc1ccccc1F)NC(=O)Cc1ccccc1. The number of hydrogen-bond donors (Lipinski definition) is 1. The third kappa shape index (κ3) is 4.92. The Hall–Kier alpha value is -2.69. The van der Waals surface area contributed by atoms with E-state index in [0.29, 0.717) is 5.56 Å². The van der Waals surface area contributed by atoms with Crippen molar-refractivity contribution in [2.24, 2.45) is 0 Å². The maximum Gasteiger partial charge on any atom is 0.328 e. The lowest BCUT2D eigenvalue weighted by Crippen LogP contribution is -2.43. The van der Waals surface area contributed by atoms with Crippen molar-refractivity contribution in [1.29, 1.82) is 0 Å². The quantitative estimate of drug-likeness (QED) is 0.832. The molecule has 5 heteroatoms. The summed E-state index contributed by atoms with van der Waals surface area (Å²) in [5, 5.41) is 2.61. The highest BCUT2D eigenvalue weighted by atomic mass is 19.1. The van der Waals surface area contributed by atoms with Gasteiger partial charge in [0.25, 0.3) is 0 Å². The molecule has 0 saturated heterocycles. The maximum atomic E-state index is 13.7. The summed E-state index contributed by atoms with van der Waals surface area (Å²) in [4.78, 5) is 24.0. The van der Waals surface area contributed by atoms with Gasteiger partial charge in [-0.3, -0.25) is 4.79 Å². The van der Waals surface area contributed by atoms with E-state index in [1.54, 1.807) is 18.2 Å². The van der Waals surface area contributed by atoms with Crippen LogP contribution in [0.1, 0.15) is 11.1 Å². The van der Waals surface area contributed by atoms with E-state index >= 15 is 0 Å². The molecule has 2 aromatic rings. The Kier molecular flexibility index (Phi) is 5.86. The van der Waals surface area contributed by atoms with E-state index in [1.165, 1.54) is 13.2 Å². The predicted octanol–water partition coefficient (Wildman–Crippen LogP) is 2.27. The Balaban J connectivity index is 2.05. The van der Waals surface area contributed by atoms with E-state index < -0.39 is 17.8 Å². The Bertz CT molecular complexity index is 673. The minimum absolute atomic E-state index is 0.0415. The molecule has 4 nitrogen and oxygen atoms in total. The summed E-state index contributed by atoms with van der Waals surface area (Å²) >= 11 is 0. The standard InChI is InChI=1S/C18H18FNO3/c1-23-18(22)16(12-14-9-5-6-10-15(14)19)20-17(21)11-13-7-3-2-4-8-13/h2-10,16H,11-12H2,1H3,(H,20,21)/t16-/m1/s1. The van der Waals surface area contributed by atoms with Crippen molar-refractivity contribution in [3.63, 3.8) is 0 Å². The lowest BCUT2D eigenvalue weighted by atomic mass is 10.0. The van der Waals surface area contributed by atoms with Gasteiger partial charge in [-0.05, 0) is 17.2 Å². The number of esters is 1. The summed E-state index contributed by atoms with van der Waals surface area (Å²) in [6.07, 6.45) is 0.186. The lowest BCUT2D eigenvalue weighted by molar-refractivity contribution is -0.145. The highest BCUT2D eigenvalue weighted by molar-refractivity contribution is 5.85. The second-order valence-electron chi connectivity index (χ2n) is 5.10. The van der Waals surface area contributed by atoms with Crippen molar-refractivity contribution in [3.8, 4) is 0 Å². The predicted molar refractivity (Wildman–Crippen MR) is 84.2 cm³/mol. The Morgan fingerprint density at radius 2 is 1.74 bits per heavy atom. The lowest BCUT2D eigenvalue weighted by Gasteiger charge is -2.17. The molecule has 0 fully saturated rings. The van der Waals surface area contributed by atoms with Crippen molar-refractivity contribution < 1.29 is 18.7 Å². The molecule has 120 valence electrons. The van der Waals surface area contributed by atoms with Gasteiger partial charge in [0, 0.05) is 6.42 Å². The van der Waals surface area contributed by atoms with E-state index in [1.807, 2.05) is 30.3 Å². The van der Waals surface area contributed by atoms with Crippen LogP contribution in [0.2, 0.25) is 0 Å². The fourth-order valence-corrected chi connectivity index (χ4v) is 2.25. The summed E-state index contributed by atoms with van der Waals surface area (Å²) in [6.45, 7) is 0. The average molecular weight is 315 g/mol. The molecule has 0 spiro atoms. The molecule has 0 aliphatic carbocycles. The van der Waals surface area contributed by atoms with Gasteiger partial charge in [-0.15, -0.1) is 0 Å². The topological polar surface area (TPSA) is 55.4 Å². The number of hydrogen-bond acceptors (Lipinski definition) is 3. The number of carbonyl (C=O) groups excluding carboxylic acids is 2. The molecule has 1 N–H and O–H groups in total. The van der Waals surface area contributed by atoms with E-state index in [2.05, 4.69) is 5.32 Å². The van der Waals surface area contributed by atoms with Crippen LogP contribution < -0.4 is 5.32 Å². The molecule has 0 saturated carbocycles. The molecule has 0 heterocycles. The second-order valence-corrected chi connectivity index (χ2v) is 5.10. The van der Waals surface area contributed by atoms with Gasteiger partial charge in [0.2, 0.25) is 5.91 Å². The fraction of sp³-hybridized carbons (Fsp3) is 0.222. The van der Waals surface area contributed by atoms with Crippen molar-refractivity contribution in [1.82, 2.24) is 5.32 Å². The van der Waals surface area contributed by atoms with Crippen molar-refractivity contribution in [2.45, 2.75) is 18.9 Å². The normalized spacial score (nSPS) is 11.6. The van der Waals surface area contributed by atoms with Gasteiger partial charge in [-0.2, -0.15) is 0 Å². The number of rotatable bonds is 6. The van der Waals surface area contributed by atoms with Gasteiger partial charge in [0.1, 0.15) is 11.9 Å². The van der Waals surface area contributed by atoms with Crippen molar-refractivity contribution in [3.05, 3.63) is 71.5 Å². The third-order valence-corrected chi connectivity index (χ3v) is 3.41. The Morgan fingerprint density at radius 3 is 2.39 bits per heavy atom. The van der Waals surface area contributed by atoms with Crippen LogP contribution >= 0.6 is 0 Å². The highest BCUT2D eigenvalue weighted by Crippen LogP contribution is 2.10. The molecule has 1 atom stereocenters. The van der Waals surface area contributed by atoms with Crippen LogP contribution in [0.4, 0.5) is 4.39 Å². The van der Waals surface area contributed by atoms with Crippen LogP contribution in [0, 0.1) is 5.82 Å². The summed E-state index contributed by atoms with van der Waals surface area (Å²) < 4.78 is 18.4. The summed E-state index contributed by atoms with van der Waals surface area (Å²) in [6, 6.07) is 14.4. The number of nitrogens with one attached hydrogen (secondary N) is 1. The van der Waals surface area contributed by atoms with Crippen LogP contribution in [0.25, 0.3) is 0 Å². The fourth-order valence-electron chi connectivity index (χ4n) is 2.25. The minimum Gasteiger partial charge on any atom is -0.467 e. The first kappa shape index (κ1) is 16.7. The number of carbonyl (C=O) groups is 2. The van der Waals surface area contributed by atoms with Crippen LogP contribution in [-0.4, -0.2) is 25.0 Å². The zero-order valence-electron chi connectivity index (χ0n) is 12.8. The van der Waals surface area contributed by atoms with Crippen molar-refractivity contribution in [2.75, 3.05) is 7.11 Å². The van der Waals surface area contributed by atoms with E-state index in [9.17, 15) is 14.0 Å². The molecule has 2 rings (SSSR count). The van der Waals surface area contributed by atoms with Gasteiger partial charge < -0.3 is 10.1 Å². The molecule has 1 amide bonds. The van der Waals surface area contributed by atoms with Crippen molar-refractivity contribution >= 4 is 11.9 Å². The van der Waals surface area contributed by atoms with Gasteiger partial charge in [-0.25, -0.2) is 9.18 Å². The smallest absolute Gasteiger partial charge is 0.328 e. The molecule has 23 heavy (non-hydrogen) atoms. The molecule has 0 aliphatic rings. The van der Waals surface area contributed by atoms with Crippen LogP contribution in [0.15, 0.2) is 54.6 Å². The summed E-state index contributed by atoms with van der Waals surface area (Å²) in [7, 11) is 1.24. The second kappa shape index (κ2) is 8.08. The first-order chi connectivity index (χ1) is 11.1. The van der Waals surface area contributed by atoms with Crippen LogP contribution in [-0.2, 0) is 27.2 Å². The Morgan fingerprint density at radius 1 is 1.09 bits per heavy atom. The Labute approximate surface area is 134 Å². The number of amides is 1. The van der Waals surface area contributed by atoms with Gasteiger partial charge in [0.15, 0.2) is 0 Å². The molecule has 0 aromatic heterocycles. The first-order valence-corrected chi connectivity index (χ1v) is 7.24. The molecule has 2 aromatic carbocycles. The maximum absolute atomic E-state index is 13.7. The largest absolute Gasteiger partial charge is 0.467 e. The van der Waals surface area contributed by atoms with Gasteiger partial charge in [0.05, 0.1) is 13.5 Å². The first-order valence-electron chi connectivity index (χ1n) is 7.24. The molecular formula is C18H18FNO3. The molecular weight excluding hydrogens is 297 g/mol. The van der Waals surface area contributed by atoms with Crippen LogP contribution in [0.5, 0.6) is 0 Å². The molecule has 0 unspecified atom stereocenters. The monoisotopic (exact) mass is 315 g/mol. The zero-order chi connectivity index (χ0) is 16.7. The van der Waals surface area contributed by atoms with Crippen LogP contribution in [0.3, 0.4) is 0 Å². The minimum atomic E-state index is -0.923. The van der Waals surface area contributed by atoms with E-state index in [0.717, 1.165) is 5.56 Å². The summed E-state index contributed by atoms with van der Waals surface area (Å²) in [5.41, 5.74) is 1.18. The summed E-state index contributed by atoms with van der Waals surface area (Å²) in [5.74, 6) is -1.34. The molecule has 0 aliphatic heterocycles.